The summed E-state index contributed by atoms with van der Waals surface area (Å²) in [6.07, 6.45) is 0.0610. The van der Waals surface area contributed by atoms with Crippen molar-refractivity contribution in [3.63, 3.8) is 0 Å². The third-order valence-corrected chi connectivity index (χ3v) is 7.24. The molecule has 0 amide bonds. The summed E-state index contributed by atoms with van der Waals surface area (Å²) in [5.74, 6) is 0.125. The predicted octanol–water partition coefficient (Wildman–Crippen LogP) is 2.16. The fourth-order valence-electron chi connectivity index (χ4n) is 2.95. The number of aromatic nitrogens is 4. The summed E-state index contributed by atoms with van der Waals surface area (Å²) in [6.45, 7) is 1.39. The Labute approximate surface area is 168 Å². The number of anilines is 1. The molecule has 0 saturated heterocycles. The van der Waals surface area contributed by atoms with Crippen molar-refractivity contribution in [2.75, 3.05) is 12.4 Å². The Morgan fingerprint density at radius 1 is 1.38 bits per heavy atom. The molecule has 1 saturated carbocycles. The van der Waals surface area contributed by atoms with Crippen LogP contribution in [0.25, 0.3) is 16.3 Å². The van der Waals surface area contributed by atoms with Gasteiger partial charge in [0.25, 0.3) is 6.43 Å². The number of alkyl halides is 2. The molecule has 29 heavy (non-hydrogen) atoms. The van der Waals surface area contributed by atoms with Crippen molar-refractivity contribution in [2.45, 2.75) is 43.2 Å². The second-order valence-electron chi connectivity index (χ2n) is 7.01. The molecule has 1 aliphatic rings. The number of fused-ring (bicyclic) bond motifs is 1. The van der Waals surface area contributed by atoms with E-state index in [-0.39, 0.29) is 21.4 Å². The highest BCUT2D eigenvalue weighted by Crippen LogP contribution is 2.37. The monoisotopic (exact) mass is 444 g/mol. The van der Waals surface area contributed by atoms with E-state index in [0.717, 1.165) is 12.8 Å². The molecule has 3 aromatic heterocycles. The fraction of sp³-hybridized carbons (Fsp3) is 0.438. The van der Waals surface area contributed by atoms with Crippen LogP contribution in [0.5, 0.6) is 0 Å². The van der Waals surface area contributed by atoms with E-state index >= 15 is 0 Å². The number of nitrogens with zero attached hydrogens (tertiary/aromatic N) is 4. The Bertz CT molecular complexity index is 1190. The Hall–Kier alpha value is -2.22. The molecule has 3 heterocycles. The molecule has 4 rings (SSSR count). The van der Waals surface area contributed by atoms with E-state index < -0.39 is 33.6 Å². The normalized spacial score (nSPS) is 15.9. The topological polar surface area (TPSA) is 122 Å². The molecule has 9 nitrogen and oxygen atoms in total. The molecule has 0 aromatic carbocycles. The van der Waals surface area contributed by atoms with Gasteiger partial charge in [0.05, 0.1) is 23.5 Å². The molecular formula is C16H18F2N6O3S2. The highest BCUT2D eigenvalue weighted by molar-refractivity contribution is 7.89. The van der Waals surface area contributed by atoms with Crippen LogP contribution in [0.1, 0.15) is 36.9 Å². The molecule has 0 bridgehead atoms. The highest BCUT2D eigenvalue weighted by atomic mass is 32.2. The van der Waals surface area contributed by atoms with Crippen molar-refractivity contribution in [1.82, 2.24) is 24.3 Å². The summed E-state index contributed by atoms with van der Waals surface area (Å²) in [5, 5.41) is 19.5. The highest BCUT2D eigenvalue weighted by Gasteiger charge is 2.41. The summed E-state index contributed by atoms with van der Waals surface area (Å²) in [4.78, 5) is 4.27. The number of aliphatic hydroxyl groups is 1. The first-order valence-electron chi connectivity index (χ1n) is 8.67. The van der Waals surface area contributed by atoms with Gasteiger partial charge in [0.15, 0.2) is 15.8 Å². The van der Waals surface area contributed by atoms with Crippen molar-refractivity contribution < 1.29 is 22.3 Å². The summed E-state index contributed by atoms with van der Waals surface area (Å²) in [7, 11) is -2.23. The number of imidazole rings is 1. The zero-order valence-electron chi connectivity index (χ0n) is 15.5. The van der Waals surface area contributed by atoms with Gasteiger partial charge in [0, 0.05) is 18.8 Å². The average Bonchev–Trinajstić information content (AvgIpc) is 3.10. The van der Waals surface area contributed by atoms with Crippen LogP contribution >= 0.6 is 11.3 Å². The number of sulfonamides is 1. The molecule has 3 N–H and O–H groups in total. The first-order valence-corrected chi connectivity index (χ1v) is 11.0. The maximum Gasteiger partial charge on any atom is 0.291 e. The molecule has 0 radical (unpaired) electrons. The summed E-state index contributed by atoms with van der Waals surface area (Å²) in [5.41, 5.74) is 0.627. The van der Waals surface area contributed by atoms with E-state index in [1.807, 2.05) is 6.92 Å². The first-order chi connectivity index (χ1) is 13.7. The third kappa shape index (κ3) is 3.58. The second-order valence-corrected chi connectivity index (χ2v) is 9.70. The van der Waals surface area contributed by atoms with E-state index in [1.54, 1.807) is 7.05 Å². The van der Waals surface area contributed by atoms with E-state index in [2.05, 4.69) is 25.2 Å². The Morgan fingerprint density at radius 2 is 2.10 bits per heavy atom. The third-order valence-electron chi connectivity index (χ3n) is 4.71. The zero-order valence-corrected chi connectivity index (χ0v) is 17.1. The predicted molar refractivity (Wildman–Crippen MR) is 102 cm³/mol. The van der Waals surface area contributed by atoms with Crippen LogP contribution in [0.2, 0.25) is 0 Å². The van der Waals surface area contributed by atoms with Gasteiger partial charge in [-0.05, 0) is 25.8 Å². The quantitative estimate of drug-likeness (QED) is 0.510. The average molecular weight is 444 g/mol. The lowest BCUT2D eigenvalue weighted by atomic mass is 10.3. The molecule has 0 unspecified atom stereocenters. The Balaban J connectivity index is 1.92. The SMILES string of the molecule is CNc1cc(S(=O)(=O)NC2(C)CC2)cn2c(-c3nnc(C(F)F)s3)nc(CO)c12. The lowest BCUT2D eigenvalue weighted by molar-refractivity contribution is 0.150. The van der Waals surface area contributed by atoms with Gasteiger partial charge in [-0.2, -0.15) is 0 Å². The maximum atomic E-state index is 12.9. The second kappa shape index (κ2) is 6.93. The molecule has 0 atom stereocenters. The number of rotatable bonds is 7. The van der Waals surface area contributed by atoms with E-state index in [4.69, 9.17) is 0 Å². The van der Waals surface area contributed by atoms with Crippen LogP contribution in [0.3, 0.4) is 0 Å². The smallest absolute Gasteiger partial charge is 0.291 e. The number of pyridine rings is 1. The van der Waals surface area contributed by atoms with Crippen molar-refractivity contribution in [2.24, 2.45) is 0 Å². The fourth-order valence-corrected chi connectivity index (χ4v) is 5.12. The number of halogens is 2. The van der Waals surface area contributed by atoms with Gasteiger partial charge >= 0.3 is 0 Å². The van der Waals surface area contributed by atoms with Gasteiger partial charge in [-0.3, -0.25) is 4.40 Å². The van der Waals surface area contributed by atoms with Crippen molar-refractivity contribution in [3.05, 3.63) is 23.0 Å². The van der Waals surface area contributed by atoms with Crippen LogP contribution in [0.15, 0.2) is 17.2 Å². The summed E-state index contributed by atoms with van der Waals surface area (Å²) < 4.78 is 55.7. The van der Waals surface area contributed by atoms with Crippen molar-refractivity contribution in [1.29, 1.82) is 0 Å². The molecule has 0 spiro atoms. The minimum absolute atomic E-state index is 0.0239. The number of hydrogen-bond donors (Lipinski definition) is 3. The molecule has 1 aliphatic carbocycles. The van der Waals surface area contributed by atoms with Gasteiger partial charge in [0.2, 0.25) is 10.0 Å². The molecule has 3 aromatic rings. The standard InChI is InChI=1S/C16H18F2N6O3S2/c1-16(3-4-16)23-29(26,27)8-5-9(19-2)11-10(7-25)20-13(24(11)6-8)15-22-21-14(28-15)12(17)18/h5-6,12,19,23,25H,3-4,7H2,1-2H3. The van der Waals surface area contributed by atoms with Gasteiger partial charge in [0.1, 0.15) is 4.90 Å². The van der Waals surface area contributed by atoms with Gasteiger partial charge in [-0.15, -0.1) is 10.2 Å². The molecule has 156 valence electrons. The molecule has 13 heteroatoms. The summed E-state index contributed by atoms with van der Waals surface area (Å²) >= 11 is 0.657. The van der Waals surface area contributed by atoms with E-state index in [0.29, 0.717) is 22.5 Å². The van der Waals surface area contributed by atoms with Gasteiger partial charge < -0.3 is 10.4 Å². The van der Waals surface area contributed by atoms with Gasteiger partial charge in [-0.25, -0.2) is 26.9 Å². The molecule has 0 aliphatic heterocycles. The van der Waals surface area contributed by atoms with E-state index in [9.17, 15) is 22.3 Å². The minimum Gasteiger partial charge on any atom is -0.390 e. The first kappa shape index (κ1) is 20.1. The van der Waals surface area contributed by atoms with Crippen LogP contribution in [-0.2, 0) is 16.6 Å². The van der Waals surface area contributed by atoms with Crippen molar-refractivity contribution in [3.8, 4) is 10.8 Å². The van der Waals surface area contributed by atoms with Crippen LogP contribution in [0, 0.1) is 0 Å². The van der Waals surface area contributed by atoms with Gasteiger partial charge in [-0.1, -0.05) is 11.3 Å². The minimum atomic E-state index is -3.84. The number of nitrogens with one attached hydrogen (secondary N) is 2. The lowest BCUT2D eigenvalue weighted by Crippen LogP contribution is -2.34. The van der Waals surface area contributed by atoms with E-state index in [1.165, 1.54) is 16.7 Å². The zero-order chi connectivity index (χ0) is 21.0. The maximum absolute atomic E-state index is 12.9. The van der Waals surface area contributed by atoms with Crippen LogP contribution in [0.4, 0.5) is 14.5 Å². The number of aliphatic hydroxyl groups excluding tert-OH is 1. The molecule has 1 fully saturated rings. The van der Waals surface area contributed by atoms with Crippen LogP contribution in [-0.4, -0.2) is 45.7 Å². The van der Waals surface area contributed by atoms with Crippen LogP contribution < -0.4 is 10.0 Å². The summed E-state index contributed by atoms with van der Waals surface area (Å²) in [6, 6.07) is 1.44. The molecular weight excluding hydrogens is 426 g/mol. The Morgan fingerprint density at radius 3 is 2.66 bits per heavy atom. The lowest BCUT2D eigenvalue weighted by Gasteiger charge is -2.14. The largest absolute Gasteiger partial charge is 0.390 e. The number of hydrogen-bond acceptors (Lipinski definition) is 8. The van der Waals surface area contributed by atoms with Crippen molar-refractivity contribution >= 4 is 32.6 Å². The Kier molecular flexibility index (Phi) is 4.80.